The maximum atomic E-state index is 12.0. The molecule has 2 saturated heterocycles. The first kappa shape index (κ1) is 12.5. The predicted octanol–water partition coefficient (Wildman–Crippen LogP) is -2.15. The van der Waals surface area contributed by atoms with E-state index in [1.54, 1.807) is 0 Å². The first-order chi connectivity index (χ1) is 5.54. The molecule has 0 amide bonds. The van der Waals surface area contributed by atoms with E-state index < -0.39 is 13.4 Å². The van der Waals surface area contributed by atoms with Crippen LogP contribution in [0.1, 0.15) is 6.42 Å². The largest absolute Gasteiger partial charge is 1.00 e. The zero-order valence-electron chi connectivity index (χ0n) is 7.55. The van der Waals surface area contributed by atoms with Crippen molar-refractivity contribution in [3.63, 3.8) is 0 Å². The van der Waals surface area contributed by atoms with Crippen molar-refractivity contribution in [2.24, 2.45) is 0 Å². The summed E-state index contributed by atoms with van der Waals surface area (Å²) in [6, 6.07) is 0.0264. The van der Waals surface area contributed by atoms with Crippen molar-refractivity contribution in [1.29, 1.82) is 0 Å². The van der Waals surface area contributed by atoms with Crippen LogP contribution in [0.25, 0.3) is 0 Å². The molecule has 2 aliphatic heterocycles. The van der Waals surface area contributed by atoms with Crippen molar-refractivity contribution in [2.45, 2.75) is 18.6 Å². The van der Waals surface area contributed by atoms with E-state index in [0.717, 1.165) is 6.42 Å². The Morgan fingerprint density at radius 1 is 1.38 bits per heavy atom. The zero-order chi connectivity index (χ0) is 8.77. The van der Waals surface area contributed by atoms with Crippen molar-refractivity contribution in [2.75, 3.05) is 19.6 Å². The van der Waals surface area contributed by atoms with Crippen LogP contribution >= 0.6 is 0 Å². The molecule has 0 aromatic carbocycles. The fourth-order valence-electron chi connectivity index (χ4n) is 1.97. The summed E-state index contributed by atoms with van der Waals surface area (Å²) in [7, 11) is 0. The Hall–Kier alpha value is 1.41. The van der Waals surface area contributed by atoms with Gasteiger partial charge in [0.25, 0.3) is 0 Å². The molecule has 2 nitrogen and oxygen atoms in total. The number of rotatable bonds is 2. The van der Waals surface area contributed by atoms with Gasteiger partial charge in [0.05, 0.1) is 12.7 Å². The van der Waals surface area contributed by atoms with Gasteiger partial charge >= 0.3 is 58.4 Å². The third-order valence-corrected chi connectivity index (χ3v) is 2.46. The molecule has 0 aromatic rings. The summed E-state index contributed by atoms with van der Waals surface area (Å²) in [5, 5.41) is 0. The Bertz CT molecular complexity index is 191. The van der Waals surface area contributed by atoms with Gasteiger partial charge in [-0.05, 0) is 12.9 Å². The van der Waals surface area contributed by atoms with Gasteiger partial charge < -0.3 is 22.6 Å². The Morgan fingerprint density at radius 2 is 2.08 bits per heavy atom. The number of likely N-dealkylation sites (tertiary alicyclic amines) is 1. The summed E-state index contributed by atoms with van der Waals surface area (Å²) in [4.78, 5) is 1.49. The standard InChI is InChI=1S/C6H10BF3NO.K/c8-7(9,10)4-11-2-6-1-5(11)3-12-6;/h5-6H,1-4H2;/q-1;+1/t5-,6-;/m1./s1. The van der Waals surface area contributed by atoms with Gasteiger partial charge in [0, 0.05) is 12.6 Å². The second kappa shape index (κ2) is 4.51. The van der Waals surface area contributed by atoms with Crippen LogP contribution in [0.2, 0.25) is 0 Å². The molecular formula is C6H10BF3KNO. The molecule has 0 saturated carbocycles. The zero-order valence-corrected chi connectivity index (χ0v) is 10.7. The smallest absolute Gasteiger partial charge is 0.448 e. The fourth-order valence-corrected chi connectivity index (χ4v) is 1.97. The predicted molar refractivity (Wildman–Crippen MR) is 38.8 cm³/mol. The van der Waals surface area contributed by atoms with Gasteiger partial charge in [-0.1, -0.05) is 0 Å². The van der Waals surface area contributed by atoms with E-state index >= 15 is 0 Å². The minimum atomic E-state index is -4.66. The molecule has 70 valence electrons. The van der Waals surface area contributed by atoms with Gasteiger partial charge in [0.1, 0.15) is 0 Å². The second-order valence-electron chi connectivity index (χ2n) is 3.51. The van der Waals surface area contributed by atoms with Crippen LogP contribution in [0.3, 0.4) is 0 Å². The average Bonchev–Trinajstić information content (AvgIpc) is 2.42. The molecular weight excluding hydrogens is 209 g/mol. The molecule has 2 rings (SSSR count). The number of ether oxygens (including phenoxy) is 1. The quantitative estimate of drug-likeness (QED) is 0.491. The molecule has 0 aromatic heterocycles. The molecule has 7 heteroatoms. The van der Waals surface area contributed by atoms with Crippen molar-refractivity contribution in [3.8, 4) is 0 Å². The van der Waals surface area contributed by atoms with Gasteiger partial charge in [0.15, 0.2) is 0 Å². The molecule has 0 N–H and O–H groups in total. The minimum absolute atomic E-state index is 0. The third-order valence-electron chi connectivity index (χ3n) is 2.46. The summed E-state index contributed by atoms with van der Waals surface area (Å²) in [5.74, 6) is 0. The summed E-state index contributed by atoms with van der Waals surface area (Å²) >= 11 is 0. The molecule has 2 fully saturated rings. The van der Waals surface area contributed by atoms with Crippen LogP contribution in [0.4, 0.5) is 12.9 Å². The van der Waals surface area contributed by atoms with Crippen LogP contribution < -0.4 is 51.4 Å². The molecule has 0 aliphatic carbocycles. The van der Waals surface area contributed by atoms with Crippen LogP contribution in [0.5, 0.6) is 0 Å². The first-order valence-electron chi connectivity index (χ1n) is 4.11. The third kappa shape index (κ3) is 3.19. The number of nitrogens with zero attached hydrogens (tertiary/aromatic N) is 1. The van der Waals surface area contributed by atoms with Gasteiger partial charge in [-0.2, -0.15) is 0 Å². The molecule has 2 bridgehead atoms. The Labute approximate surface area is 118 Å². The van der Waals surface area contributed by atoms with Gasteiger partial charge in [-0.15, -0.1) is 0 Å². The molecule has 2 aliphatic rings. The SMILES string of the molecule is F[B-](F)(F)CN1C[C@H]2C[C@@H]1CO2.[K+]. The van der Waals surface area contributed by atoms with E-state index in [4.69, 9.17) is 4.74 Å². The number of halogens is 3. The molecule has 0 spiro atoms. The van der Waals surface area contributed by atoms with E-state index in [-0.39, 0.29) is 63.5 Å². The number of hydrogen-bond acceptors (Lipinski definition) is 2. The van der Waals surface area contributed by atoms with Crippen LogP contribution in [-0.2, 0) is 4.74 Å². The molecule has 2 heterocycles. The summed E-state index contributed by atoms with van der Waals surface area (Å²) < 4.78 is 41.2. The maximum Gasteiger partial charge on any atom is 1.00 e. The molecule has 2 atom stereocenters. The van der Waals surface area contributed by atoms with Crippen molar-refractivity contribution < 1.29 is 69.1 Å². The second-order valence-corrected chi connectivity index (χ2v) is 3.51. The molecule has 0 radical (unpaired) electrons. The van der Waals surface area contributed by atoms with Crippen molar-refractivity contribution in [1.82, 2.24) is 4.90 Å². The Balaban J connectivity index is 0.000000845. The van der Waals surface area contributed by atoms with Crippen molar-refractivity contribution in [3.05, 3.63) is 0 Å². The number of fused-ring (bicyclic) bond motifs is 2. The number of morpholine rings is 1. The van der Waals surface area contributed by atoms with Gasteiger partial charge in [0.2, 0.25) is 0 Å². The van der Waals surface area contributed by atoms with Crippen LogP contribution in [0.15, 0.2) is 0 Å². The monoisotopic (exact) mass is 219 g/mol. The molecule has 0 unspecified atom stereocenters. The minimum Gasteiger partial charge on any atom is -0.448 e. The van der Waals surface area contributed by atoms with Crippen LogP contribution in [-0.4, -0.2) is 43.6 Å². The average molecular weight is 219 g/mol. The van der Waals surface area contributed by atoms with Gasteiger partial charge in [-0.25, -0.2) is 0 Å². The van der Waals surface area contributed by atoms with E-state index in [1.165, 1.54) is 4.90 Å². The maximum absolute atomic E-state index is 12.0. The summed E-state index contributed by atoms with van der Waals surface area (Å²) in [5.41, 5.74) is 0. The summed E-state index contributed by atoms with van der Waals surface area (Å²) in [6.45, 7) is -3.71. The van der Waals surface area contributed by atoms with Crippen molar-refractivity contribution >= 4 is 6.98 Å². The van der Waals surface area contributed by atoms with E-state index in [1.807, 2.05) is 0 Å². The van der Waals surface area contributed by atoms with E-state index in [2.05, 4.69) is 0 Å². The van der Waals surface area contributed by atoms with Crippen LogP contribution in [0, 0.1) is 0 Å². The Morgan fingerprint density at radius 3 is 2.46 bits per heavy atom. The normalized spacial score (nSPS) is 33.5. The fraction of sp³-hybridized carbons (Fsp3) is 1.00. The van der Waals surface area contributed by atoms with Gasteiger partial charge in [-0.3, -0.25) is 0 Å². The topological polar surface area (TPSA) is 12.5 Å². The van der Waals surface area contributed by atoms with E-state index in [9.17, 15) is 12.9 Å². The summed E-state index contributed by atoms with van der Waals surface area (Å²) in [6.07, 6.45) is 0.129. The molecule has 13 heavy (non-hydrogen) atoms. The first-order valence-corrected chi connectivity index (χ1v) is 4.11. The van der Waals surface area contributed by atoms with E-state index in [0.29, 0.717) is 13.2 Å². The Kier molecular flexibility index (Phi) is 4.33. The number of hydrogen-bond donors (Lipinski definition) is 0.